The number of aryl methyl sites for hydroxylation is 1. The van der Waals surface area contributed by atoms with Crippen molar-refractivity contribution in [2.45, 2.75) is 25.8 Å². The number of nitrogens with two attached hydrogens (primary N) is 1. The largest absolute Gasteiger partial charge is 0.497 e. The molecular weight excluding hydrogens is 416 g/mol. The number of rotatable bonds is 9. The summed E-state index contributed by atoms with van der Waals surface area (Å²) in [5.41, 5.74) is 8.33. The van der Waals surface area contributed by atoms with Crippen molar-refractivity contribution in [3.05, 3.63) is 88.1 Å². The molecule has 0 saturated heterocycles. The number of benzene rings is 2. The summed E-state index contributed by atoms with van der Waals surface area (Å²) in [5, 5.41) is 3.26. The van der Waals surface area contributed by atoms with E-state index in [-0.39, 0.29) is 17.0 Å². The highest BCUT2D eigenvalue weighted by atomic mass is 35.5. The zero-order valence-electron chi connectivity index (χ0n) is 17.9. The van der Waals surface area contributed by atoms with Crippen molar-refractivity contribution in [3.8, 4) is 5.75 Å². The Bertz CT molecular complexity index is 968. The van der Waals surface area contributed by atoms with E-state index in [0.717, 1.165) is 16.9 Å². The highest BCUT2D eigenvalue weighted by Crippen LogP contribution is 2.20. The molecule has 1 unspecified atom stereocenters. The van der Waals surface area contributed by atoms with Gasteiger partial charge in [0, 0.05) is 11.8 Å². The maximum atomic E-state index is 12.9. The summed E-state index contributed by atoms with van der Waals surface area (Å²) in [6.45, 7) is 1.87. The molecule has 2 rings (SSSR count). The van der Waals surface area contributed by atoms with E-state index in [1.165, 1.54) is 13.3 Å². The fourth-order valence-corrected chi connectivity index (χ4v) is 3.10. The van der Waals surface area contributed by atoms with Gasteiger partial charge in [0.25, 0.3) is 0 Å². The summed E-state index contributed by atoms with van der Waals surface area (Å²) < 4.78 is 9.96. The lowest BCUT2D eigenvalue weighted by molar-refractivity contribution is -0.118. The molecule has 31 heavy (non-hydrogen) atoms. The molecule has 0 aliphatic rings. The maximum Gasteiger partial charge on any atom is 0.337 e. The highest BCUT2D eigenvalue weighted by Gasteiger charge is 2.15. The Morgan fingerprint density at radius 1 is 1.16 bits per heavy atom. The smallest absolute Gasteiger partial charge is 0.337 e. The molecule has 1 amide bonds. The predicted molar refractivity (Wildman–Crippen MR) is 122 cm³/mol. The number of methoxy groups -OCH3 is 2. The lowest BCUT2D eigenvalue weighted by Crippen LogP contribution is -2.28. The summed E-state index contributed by atoms with van der Waals surface area (Å²) in [7, 11) is 2.95. The van der Waals surface area contributed by atoms with Gasteiger partial charge in [0.1, 0.15) is 5.75 Å². The number of amides is 1. The number of carbonyl (C=O) groups excluding carboxylic acids is 2. The van der Waals surface area contributed by atoms with Crippen LogP contribution in [-0.2, 0) is 16.0 Å². The number of carbonyl (C=O) groups is 2. The Hall–Kier alpha value is -3.25. The zero-order chi connectivity index (χ0) is 22.8. The molecule has 0 aromatic heterocycles. The molecule has 0 bridgehead atoms. The van der Waals surface area contributed by atoms with E-state index < -0.39 is 5.97 Å². The van der Waals surface area contributed by atoms with Crippen LogP contribution in [0.4, 0.5) is 0 Å². The van der Waals surface area contributed by atoms with E-state index >= 15 is 0 Å². The second-order valence-corrected chi connectivity index (χ2v) is 7.32. The zero-order valence-corrected chi connectivity index (χ0v) is 18.6. The van der Waals surface area contributed by atoms with E-state index in [9.17, 15) is 9.59 Å². The molecule has 2 aromatic rings. The van der Waals surface area contributed by atoms with Gasteiger partial charge in [0.15, 0.2) is 0 Å². The van der Waals surface area contributed by atoms with Crippen LogP contribution in [0.5, 0.6) is 5.75 Å². The van der Waals surface area contributed by atoms with Crippen molar-refractivity contribution in [2.75, 3.05) is 14.2 Å². The Morgan fingerprint density at radius 2 is 1.87 bits per heavy atom. The highest BCUT2D eigenvalue weighted by molar-refractivity contribution is 6.31. The van der Waals surface area contributed by atoms with Crippen LogP contribution in [0.15, 0.2) is 71.4 Å². The summed E-state index contributed by atoms with van der Waals surface area (Å²) >= 11 is 6.06. The van der Waals surface area contributed by atoms with Crippen LogP contribution < -0.4 is 15.8 Å². The standard InChI is InChI=1S/C24H27ClN2O4/c1-16(18-9-11-19(12-10-18)24(29)31-3)27-23(28)20(14-21(25)15-26)8-7-17-5-4-6-22(13-17)30-2/h4-6,9-16H,7-8,26H2,1-3H3,(H,27,28)/b20-14+,21-15+. The van der Waals surface area contributed by atoms with Gasteiger partial charge in [-0.1, -0.05) is 35.9 Å². The Labute approximate surface area is 187 Å². The van der Waals surface area contributed by atoms with Crippen molar-refractivity contribution in [3.63, 3.8) is 0 Å². The van der Waals surface area contributed by atoms with Gasteiger partial charge < -0.3 is 20.5 Å². The van der Waals surface area contributed by atoms with Crippen molar-refractivity contribution in [2.24, 2.45) is 5.73 Å². The van der Waals surface area contributed by atoms with E-state index in [1.54, 1.807) is 37.5 Å². The molecule has 3 N–H and O–H groups in total. The Balaban J connectivity index is 2.11. The second-order valence-electron chi connectivity index (χ2n) is 6.88. The minimum absolute atomic E-state index is 0.243. The fraction of sp³-hybridized carbons (Fsp3) is 0.250. The number of esters is 1. The fourth-order valence-electron chi connectivity index (χ4n) is 2.97. The molecule has 0 fully saturated rings. The number of hydrogen-bond donors (Lipinski definition) is 2. The van der Waals surface area contributed by atoms with Crippen molar-refractivity contribution < 1.29 is 19.1 Å². The number of hydrogen-bond acceptors (Lipinski definition) is 5. The van der Waals surface area contributed by atoms with Gasteiger partial charge in [-0.3, -0.25) is 4.79 Å². The van der Waals surface area contributed by atoms with Crippen LogP contribution in [0, 0.1) is 0 Å². The summed E-state index contributed by atoms with van der Waals surface area (Å²) in [5.74, 6) is 0.109. The van der Waals surface area contributed by atoms with Crippen LogP contribution in [-0.4, -0.2) is 26.1 Å². The topological polar surface area (TPSA) is 90.7 Å². The molecule has 0 aliphatic heterocycles. The molecule has 164 valence electrons. The normalized spacial score (nSPS) is 12.8. The van der Waals surface area contributed by atoms with Crippen LogP contribution in [0.2, 0.25) is 0 Å². The third kappa shape index (κ3) is 7.19. The minimum Gasteiger partial charge on any atom is -0.497 e. The predicted octanol–water partition coefficient (Wildman–Crippen LogP) is 4.26. The van der Waals surface area contributed by atoms with Crippen molar-refractivity contribution >= 4 is 23.5 Å². The monoisotopic (exact) mass is 442 g/mol. The van der Waals surface area contributed by atoms with Gasteiger partial charge in [-0.05, 0) is 61.2 Å². The third-order valence-electron chi connectivity index (χ3n) is 4.76. The summed E-state index contributed by atoms with van der Waals surface area (Å²) in [4.78, 5) is 24.5. The molecule has 0 spiro atoms. The molecular formula is C24H27ClN2O4. The van der Waals surface area contributed by atoms with Gasteiger partial charge in [0.2, 0.25) is 5.91 Å². The number of nitrogens with one attached hydrogen (secondary N) is 1. The van der Waals surface area contributed by atoms with Crippen LogP contribution in [0.1, 0.15) is 40.9 Å². The van der Waals surface area contributed by atoms with Gasteiger partial charge in [0.05, 0.1) is 30.9 Å². The number of ether oxygens (including phenoxy) is 2. The second kappa shape index (κ2) is 11.8. The summed E-state index contributed by atoms with van der Waals surface area (Å²) in [6, 6.07) is 14.3. The van der Waals surface area contributed by atoms with Gasteiger partial charge in [-0.2, -0.15) is 0 Å². The SMILES string of the molecule is COC(=O)c1ccc(C(C)NC(=O)/C(=C/C(Cl)=C\N)CCc2cccc(OC)c2)cc1. The first-order chi connectivity index (χ1) is 14.9. The van der Waals surface area contributed by atoms with E-state index in [1.807, 2.05) is 31.2 Å². The Kier molecular flexibility index (Phi) is 9.15. The average Bonchev–Trinajstić information content (AvgIpc) is 2.80. The first-order valence-corrected chi connectivity index (χ1v) is 10.2. The molecule has 2 aromatic carbocycles. The molecule has 0 saturated carbocycles. The first kappa shape index (κ1) is 24.0. The minimum atomic E-state index is -0.408. The van der Waals surface area contributed by atoms with Gasteiger partial charge in [-0.15, -0.1) is 0 Å². The first-order valence-electron chi connectivity index (χ1n) is 9.78. The lowest BCUT2D eigenvalue weighted by atomic mass is 10.0. The van der Waals surface area contributed by atoms with Gasteiger partial charge >= 0.3 is 5.97 Å². The molecule has 6 nitrogen and oxygen atoms in total. The van der Waals surface area contributed by atoms with Crippen LogP contribution >= 0.6 is 11.6 Å². The molecule has 0 heterocycles. The van der Waals surface area contributed by atoms with Gasteiger partial charge in [-0.25, -0.2) is 4.79 Å². The maximum absolute atomic E-state index is 12.9. The van der Waals surface area contributed by atoms with Crippen LogP contribution in [0.3, 0.4) is 0 Å². The quantitative estimate of drug-likeness (QED) is 0.344. The molecule has 1 atom stereocenters. The van der Waals surface area contributed by atoms with Crippen molar-refractivity contribution in [1.29, 1.82) is 0 Å². The Morgan fingerprint density at radius 3 is 2.48 bits per heavy atom. The van der Waals surface area contributed by atoms with Crippen molar-refractivity contribution in [1.82, 2.24) is 5.32 Å². The third-order valence-corrected chi connectivity index (χ3v) is 4.99. The average molecular weight is 443 g/mol. The molecule has 0 aliphatic carbocycles. The molecule has 0 radical (unpaired) electrons. The number of allylic oxidation sites excluding steroid dienone is 2. The van der Waals surface area contributed by atoms with E-state index in [4.69, 9.17) is 26.8 Å². The number of halogens is 1. The molecule has 7 heteroatoms. The van der Waals surface area contributed by atoms with Crippen LogP contribution in [0.25, 0.3) is 0 Å². The van der Waals surface area contributed by atoms with E-state index in [2.05, 4.69) is 5.32 Å². The van der Waals surface area contributed by atoms with E-state index in [0.29, 0.717) is 24.0 Å². The summed E-state index contributed by atoms with van der Waals surface area (Å²) in [6.07, 6.45) is 3.92. The lowest BCUT2D eigenvalue weighted by Gasteiger charge is -2.16.